The molecule has 2 aliphatic rings. The minimum Gasteiger partial charge on any atom is -0.310 e. The number of anilines is 1. The SMILES string of the molecule is Cc1cc(C)nc(-n2nccc2NC(=O)C2CC3C=CC2C3)n1. The van der Waals surface area contributed by atoms with E-state index >= 15 is 0 Å². The molecule has 2 bridgehead atoms. The van der Waals surface area contributed by atoms with Gasteiger partial charge >= 0.3 is 0 Å². The van der Waals surface area contributed by atoms with Gasteiger partial charge in [-0.1, -0.05) is 12.2 Å². The lowest BCUT2D eigenvalue weighted by Crippen LogP contribution is -2.27. The highest BCUT2D eigenvalue weighted by Gasteiger charge is 2.40. The summed E-state index contributed by atoms with van der Waals surface area (Å²) < 4.78 is 1.58. The number of fused-ring (bicyclic) bond motifs is 2. The predicted molar refractivity (Wildman–Crippen MR) is 86.1 cm³/mol. The summed E-state index contributed by atoms with van der Waals surface area (Å²) in [6.07, 6.45) is 8.13. The molecule has 2 aromatic rings. The average Bonchev–Trinajstić information content (AvgIpc) is 3.22. The van der Waals surface area contributed by atoms with E-state index in [2.05, 4.69) is 32.5 Å². The van der Waals surface area contributed by atoms with Crippen LogP contribution in [0.4, 0.5) is 5.82 Å². The molecule has 4 rings (SSSR count). The minimum atomic E-state index is 0.0629. The van der Waals surface area contributed by atoms with Gasteiger partial charge in [0.15, 0.2) is 0 Å². The quantitative estimate of drug-likeness (QED) is 0.884. The van der Waals surface area contributed by atoms with Gasteiger partial charge in [0, 0.05) is 23.4 Å². The smallest absolute Gasteiger partial charge is 0.252 e. The fourth-order valence-electron chi connectivity index (χ4n) is 3.66. The predicted octanol–water partition coefficient (Wildman–Crippen LogP) is 2.43. The number of amides is 1. The van der Waals surface area contributed by atoms with Gasteiger partial charge in [0.25, 0.3) is 5.95 Å². The van der Waals surface area contributed by atoms with Crippen molar-refractivity contribution in [1.82, 2.24) is 19.7 Å². The Kier molecular flexibility index (Phi) is 3.25. The Morgan fingerprint density at radius 2 is 2.00 bits per heavy atom. The van der Waals surface area contributed by atoms with E-state index in [4.69, 9.17) is 0 Å². The highest BCUT2D eigenvalue weighted by Crippen LogP contribution is 2.43. The van der Waals surface area contributed by atoms with Gasteiger partial charge in [-0.05, 0) is 44.6 Å². The van der Waals surface area contributed by atoms with Crippen LogP contribution in [-0.4, -0.2) is 25.7 Å². The third-order valence-corrected chi connectivity index (χ3v) is 4.67. The van der Waals surface area contributed by atoms with Crippen LogP contribution in [0.15, 0.2) is 30.5 Å². The molecule has 6 nitrogen and oxygen atoms in total. The minimum absolute atomic E-state index is 0.0629. The molecule has 1 fully saturated rings. The first-order chi connectivity index (χ1) is 11.1. The first-order valence-electron chi connectivity index (χ1n) is 7.96. The van der Waals surface area contributed by atoms with Crippen molar-refractivity contribution in [3.63, 3.8) is 0 Å². The van der Waals surface area contributed by atoms with Gasteiger partial charge in [-0.3, -0.25) is 4.79 Å². The van der Waals surface area contributed by atoms with E-state index in [1.807, 2.05) is 19.9 Å². The Morgan fingerprint density at radius 3 is 2.65 bits per heavy atom. The summed E-state index contributed by atoms with van der Waals surface area (Å²) in [6, 6.07) is 3.69. The number of aromatic nitrogens is 4. The molecule has 1 amide bonds. The molecule has 1 N–H and O–H groups in total. The van der Waals surface area contributed by atoms with E-state index in [-0.39, 0.29) is 11.8 Å². The third kappa shape index (κ3) is 2.54. The van der Waals surface area contributed by atoms with Crippen LogP contribution in [0.5, 0.6) is 0 Å². The van der Waals surface area contributed by atoms with Gasteiger partial charge in [-0.25, -0.2) is 9.97 Å². The van der Waals surface area contributed by atoms with Crippen molar-refractivity contribution in [2.24, 2.45) is 17.8 Å². The molecule has 1 saturated carbocycles. The van der Waals surface area contributed by atoms with E-state index in [0.29, 0.717) is 23.6 Å². The van der Waals surface area contributed by atoms with Crippen molar-refractivity contribution < 1.29 is 4.79 Å². The summed E-state index contributed by atoms with van der Waals surface area (Å²) in [6.45, 7) is 3.84. The third-order valence-electron chi connectivity index (χ3n) is 4.67. The number of rotatable bonds is 3. The van der Waals surface area contributed by atoms with Crippen LogP contribution in [0.3, 0.4) is 0 Å². The largest absolute Gasteiger partial charge is 0.310 e. The second kappa shape index (κ2) is 5.30. The highest BCUT2D eigenvalue weighted by molar-refractivity contribution is 5.92. The van der Waals surface area contributed by atoms with Gasteiger partial charge in [-0.15, -0.1) is 0 Å². The molecule has 0 aliphatic heterocycles. The molecule has 0 spiro atoms. The molecule has 2 heterocycles. The maximum absolute atomic E-state index is 12.6. The van der Waals surface area contributed by atoms with Crippen LogP contribution in [0.25, 0.3) is 5.95 Å². The monoisotopic (exact) mass is 309 g/mol. The normalized spacial score (nSPS) is 25.0. The Morgan fingerprint density at radius 1 is 1.22 bits per heavy atom. The van der Waals surface area contributed by atoms with Crippen molar-refractivity contribution in [2.75, 3.05) is 5.32 Å². The molecule has 3 atom stereocenters. The number of nitrogens with one attached hydrogen (secondary N) is 1. The van der Waals surface area contributed by atoms with Crippen molar-refractivity contribution >= 4 is 11.7 Å². The lowest BCUT2D eigenvalue weighted by atomic mass is 9.93. The van der Waals surface area contributed by atoms with E-state index in [1.54, 1.807) is 16.9 Å². The summed E-state index contributed by atoms with van der Waals surface area (Å²) in [5.74, 6) is 2.18. The fraction of sp³-hybridized carbons (Fsp3) is 0.412. The summed E-state index contributed by atoms with van der Waals surface area (Å²) in [7, 11) is 0. The Balaban J connectivity index is 1.58. The van der Waals surface area contributed by atoms with Gasteiger partial charge in [0.05, 0.1) is 6.20 Å². The van der Waals surface area contributed by atoms with Crippen molar-refractivity contribution in [3.8, 4) is 5.95 Å². The van der Waals surface area contributed by atoms with Gasteiger partial charge in [-0.2, -0.15) is 9.78 Å². The number of hydrogen-bond acceptors (Lipinski definition) is 4. The molecule has 6 heteroatoms. The summed E-state index contributed by atoms with van der Waals surface area (Å²) in [5, 5.41) is 7.26. The van der Waals surface area contributed by atoms with Gasteiger partial charge < -0.3 is 5.32 Å². The Hall–Kier alpha value is -2.50. The van der Waals surface area contributed by atoms with Crippen LogP contribution in [0, 0.1) is 31.6 Å². The molecule has 118 valence electrons. The van der Waals surface area contributed by atoms with E-state index in [0.717, 1.165) is 24.2 Å². The molecule has 0 saturated heterocycles. The molecule has 3 unspecified atom stereocenters. The zero-order chi connectivity index (χ0) is 16.0. The number of allylic oxidation sites excluding steroid dienone is 2. The lowest BCUT2D eigenvalue weighted by molar-refractivity contribution is -0.120. The molecule has 23 heavy (non-hydrogen) atoms. The van der Waals surface area contributed by atoms with Crippen molar-refractivity contribution in [1.29, 1.82) is 0 Å². The van der Waals surface area contributed by atoms with Gasteiger partial charge in [0.2, 0.25) is 5.91 Å². The lowest BCUT2D eigenvalue weighted by Gasteiger charge is -2.17. The van der Waals surface area contributed by atoms with Crippen LogP contribution in [-0.2, 0) is 4.79 Å². The Bertz CT molecular complexity index is 774. The molecule has 2 aliphatic carbocycles. The molecule has 0 radical (unpaired) electrons. The average molecular weight is 309 g/mol. The topological polar surface area (TPSA) is 72.7 Å². The van der Waals surface area contributed by atoms with Crippen LogP contribution >= 0.6 is 0 Å². The number of hydrogen-bond donors (Lipinski definition) is 1. The number of carbonyl (C=O) groups excluding carboxylic acids is 1. The molecular formula is C17H19N5O. The van der Waals surface area contributed by atoms with Gasteiger partial charge in [0.1, 0.15) is 5.82 Å². The number of carbonyl (C=O) groups is 1. The van der Waals surface area contributed by atoms with Crippen molar-refractivity contribution in [2.45, 2.75) is 26.7 Å². The first kappa shape index (κ1) is 14.1. The summed E-state index contributed by atoms with van der Waals surface area (Å²) >= 11 is 0. The second-order valence-electron chi connectivity index (χ2n) is 6.45. The zero-order valence-electron chi connectivity index (χ0n) is 13.2. The van der Waals surface area contributed by atoms with E-state index in [9.17, 15) is 4.79 Å². The maximum atomic E-state index is 12.6. The molecule has 0 aromatic carbocycles. The fourth-order valence-corrected chi connectivity index (χ4v) is 3.66. The van der Waals surface area contributed by atoms with E-state index < -0.39 is 0 Å². The molecule has 2 aromatic heterocycles. The van der Waals surface area contributed by atoms with Crippen LogP contribution in [0.1, 0.15) is 24.2 Å². The van der Waals surface area contributed by atoms with Crippen LogP contribution < -0.4 is 5.32 Å². The summed E-state index contributed by atoms with van der Waals surface area (Å²) in [5.41, 5.74) is 1.75. The highest BCUT2D eigenvalue weighted by atomic mass is 16.2. The second-order valence-corrected chi connectivity index (χ2v) is 6.45. The standard InChI is InChI=1S/C17H19N5O/c1-10-7-11(2)20-17(19-10)22-15(5-6-18-22)21-16(23)14-9-12-3-4-13(14)8-12/h3-7,12-14H,8-9H2,1-2H3,(H,21,23). The number of aryl methyl sites for hydroxylation is 2. The zero-order valence-corrected chi connectivity index (χ0v) is 13.2. The maximum Gasteiger partial charge on any atom is 0.252 e. The van der Waals surface area contributed by atoms with Crippen LogP contribution in [0.2, 0.25) is 0 Å². The number of nitrogens with zero attached hydrogens (tertiary/aromatic N) is 4. The molecular weight excluding hydrogens is 290 g/mol. The first-order valence-corrected chi connectivity index (χ1v) is 7.96. The van der Waals surface area contributed by atoms with E-state index in [1.165, 1.54) is 0 Å². The Labute approximate surface area is 134 Å². The summed E-state index contributed by atoms with van der Waals surface area (Å²) in [4.78, 5) is 21.4. The van der Waals surface area contributed by atoms with Crippen molar-refractivity contribution in [3.05, 3.63) is 41.9 Å².